The molecule has 5 heteroatoms. The first-order valence-electron chi connectivity index (χ1n) is 6.20. The van der Waals surface area contributed by atoms with Gasteiger partial charge in [-0.15, -0.1) is 0 Å². The Morgan fingerprint density at radius 3 is 2.75 bits per heavy atom. The molecule has 0 heterocycles. The summed E-state index contributed by atoms with van der Waals surface area (Å²) in [7, 11) is 0. The van der Waals surface area contributed by atoms with Crippen LogP contribution in [-0.2, 0) is 6.54 Å². The van der Waals surface area contributed by atoms with Crippen LogP contribution in [0.1, 0.15) is 21.5 Å². The van der Waals surface area contributed by atoms with Gasteiger partial charge < -0.3 is 10.7 Å². The molecule has 20 heavy (non-hydrogen) atoms. The normalized spacial score (nSPS) is 10.2. The Balaban J connectivity index is 2.10. The van der Waals surface area contributed by atoms with E-state index < -0.39 is 0 Å². The van der Waals surface area contributed by atoms with Crippen molar-refractivity contribution >= 4 is 27.5 Å². The van der Waals surface area contributed by atoms with E-state index >= 15 is 0 Å². The Morgan fingerprint density at radius 1 is 1.25 bits per heavy atom. The third-order valence-electron chi connectivity index (χ3n) is 2.92. The van der Waals surface area contributed by atoms with Crippen LogP contribution < -0.4 is 16.6 Å². The summed E-state index contributed by atoms with van der Waals surface area (Å²) >= 11 is 3.41. The summed E-state index contributed by atoms with van der Waals surface area (Å²) in [4.78, 5) is 12.2. The number of aryl methyl sites for hydroxylation is 1. The monoisotopic (exact) mass is 333 g/mol. The summed E-state index contributed by atoms with van der Waals surface area (Å²) in [6.45, 7) is 2.40. The highest BCUT2D eigenvalue weighted by molar-refractivity contribution is 9.10. The molecule has 0 atom stereocenters. The van der Waals surface area contributed by atoms with Gasteiger partial charge in [0.15, 0.2) is 0 Å². The van der Waals surface area contributed by atoms with Gasteiger partial charge in [-0.25, -0.2) is 0 Å². The molecule has 2 aromatic rings. The van der Waals surface area contributed by atoms with Gasteiger partial charge in [0.05, 0.1) is 11.3 Å². The second-order valence-corrected chi connectivity index (χ2v) is 5.42. The summed E-state index contributed by atoms with van der Waals surface area (Å²) < 4.78 is 0.990. The van der Waals surface area contributed by atoms with E-state index in [9.17, 15) is 4.79 Å². The number of nitrogens with two attached hydrogens (primary N) is 1. The van der Waals surface area contributed by atoms with Crippen molar-refractivity contribution in [2.45, 2.75) is 13.5 Å². The van der Waals surface area contributed by atoms with Crippen LogP contribution in [0.2, 0.25) is 0 Å². The van der Waals surface area contributed by atoms with Crippen molar-refractivity contribution in [2.24, 2.45) is 5.84 Å². The van der Waals surface area contributed by atoms with Crippen LogP contribution in [0.5, 0.6) is 0 Å². The van der Waals surface area contributed by atoms with Crippen LogP contribution >= 0.6 is 15.9 Å². The SMILES string of the molecule is Cc1ccc(NN)c(C(=O)NCc2cccc(Br)c2)c1. The lowest BCUT2D eigenvalue weighted by atomic mass is 10.1. The molecule has 0 saturated heterocycles. The number of benzene rings is 2. The minimum atomic E-state index is -0.151. The molecule has 0 aliphatic carbocycles. The zero-order valence-electron chi connectivity index (χ0n) is 11.1. The van der Waals surface area contributed by atoms with Gasteiger partial charge in [-0.05, 0) is 36.8 Å². The predicted octanol–water partition coefficient (Wildman–Crippen LogP) is 2.97. The average Bonchev–Trinajstić information content (AvgIpc) is 2.45. The maximum absolute atomic E-state index is 12.2. The molecule has 104 valence electrons. The van der Waals surface area contributed by atoms with Gasteiger partial charge in [-0.2, -0.15) is 0 Å². The minimum Gasteiger partial charge on any atom is -0.348 e. The third kappa shape index (κ3) is 3.59. The number of hydrogen-bond acceptors (Lipinski definition) is 3. The van der Waals surface area contributed by atoms with Crippen molar-refractivity contribution in [3.05, 3.63) is 63.6 Å². The van der Waals surface area contributed by atoms with E-state index in [0.29, 0.717) is 17.8 Å². The van der Waals surface area contributed by atoms with E-state index in [0.717, 1.165) is 15.6 Å². The first kappa shape index (κ1) is 14.6. The molecule has 0 aliphatic heterocycles. The molecule has 1 amide bonds. The molecule has 0 radical (unpaired) electrons. The van der Waals surface area contributed by atoms with E-state index in [1.807, 2.05) is 43.3 Å². The van der Waals surface area contributed by atoms with Crippen LogP contribution in [0.3, 0.4) is 0 Å². The van der Waals surface area contributed by atoms with Crippen molar-refractivity contribution in [2.75, 3.05) is 5.43 Å². The largest absolute Gasteiger partial charge is 0.348 e. The van der Waals surface area contributed by atoms with Crippen molar-refractivity contribution < 1.29 is 4.79 Å². The van der Waals surface area contributed by atoms with Crippen LogP contribution in [0.4, 0.5) is 5.69 Å². The fourth-order valence-corrected chi connectivity index (χ4v) is 2.34. The number of nitrogen functional groups attached to an aromatic ring is 1. The zero-order valence-corrected chi connectivity index (χ0v) is 12.7. The second kappa shape index (κ2) is 6.54. The zero-order chi connectivity index (χ0) is 14.5. The number of hydrazine groups is 1. The van der Waals surface area contributed by atoms with Crippen molar-refractivity contribution in [1.82, 2.24) is 5.32 Å². The first-order valence-corrected chi connectivity index (χ1v) is 6.99. The summed E-state index contributed by atoms with van der Waals surface area (Å²) in [5.41, 5.74) is 5.74. The van der Waals surface area contributed by atoms with E-state index in [-0.39, 0.29) is 5.91 Å². The lowest BCUT2D eigenvalue weighted by Gasteiger charge is -2.11. The summed E-state index contributed by atoms with van der Waals surface area (Å²) in [5.74, 6) is 5.28. The van der Waals surface area contributed by atoms with E-state index in [1.54, 1.807) is 6.07 Å². The summed E-state index contributed by atoms with van der Waals surface area (Å²) in [6, 6.07) is 13.3. The smallest absolute Gasteiger partial charge is 0.253 e. The van der Waals surface area contributed by atoms with Gasteiger partial charge in [0.1, 0.15) is 0 Å². The molecule has 0 fully saturated rings. The number of carbonyl (C=O) groups excluding carboxylic acids is 1. The molecule has 2 rings (SSSR count). The van der Waals surface area contributed by atoms with E-state index in [1.165, 1.54) is 0 Å². The molecular weight excluding hydrogens is 318 g/mol. The van der Waals surface area contributed by atoms with Crippen LogP contribution in [0, 0.1) is 6.92 Å². The van der Waals surface area contributed by atoms with Crippen molar-refractivity contribution in [3.8, 4) is 0 Å². The van der Waals surface area contributed by atoms with Gasteiger partial charge in [0, 0.05) is 11.0 Å². The number of anilines is 1. The maximum atomic E-state index is 12.2. The van der Waals surface area contributed by atoms with Crippen molar-refractivity contribution in [1.29, 1.82) is 0 Å². The molecule has 0 aliphatic rings. The number of rotatable bonds is 4. The molecule has 0 aromatic heterocycles. The fourth-order valence-electron chi connectivity index (χ4n) is 1.90. The van der Waals surface area contributed by atoms with Gasteiger partial charge >= 0.3 is 0 Å². The van der Waals surface area contributed by atoms with Crippen molar-refractivity contribution in [3.63, 3.8) is 0 Å². The summed E-state index contributed by atoms with van der Waals surface area (Å²) in [6.07, 6.45) is 0. The quantitative estimate of drug-likeness (QED) is 0.595. The maximum Gasteiger partial charge on any atom is 0.253 e. The second-order valence-electron chi connectivity index (χ2n) is 4.51. The fraction of sp³-hybridized carbons (Fsp3) is 0.133. The number of hydrogen-bond donors (Lipinski definition) is 3. The first-order chi connectivity index (χ1) is 9.60. The molecule has 0 bridgehead atoms. The molecule has 2 aromatic carbocycles. The van der Waals surface area contributed by atoms with Crippen LogP contribution in [0.25, 0.3) is 0 Å². The lowest BCUT2D eigenvalue weighted by molar-refractivity contribution is 0.0951. The Morgan fingerprint density at radius 2 is 2.05 bits per heavy atom. The van der Waals surface area contributed by atoms with Gasteiger partial charge in [-0.3, -0.25) is 10.6 Å². The number of amides is 1. The highest BCUT2D eigenvalue weighted by Gasteiger charge is 2.10. The van der Waals surface area contributed by atoms with Crippen LogP contribution in [0.15, 0.2) is 46.9 Å². The number of halogens is 1. The standard InChI is InChI=1S/C15H16BrN3O/c1-10-5-6-14(19-17)13(7-10)15(20)18-9-11-3-2-4-12(16)8-11/h2-8,19H,9,17H2,1H3,(H,18,20). The Hall–Kier alpha value is -1.85. The van der Waals surface area contributed by atoms with E-state index in [4.69, 9.17) is 5.84 Å². The molecule has 4 N–H and O–H groups in total. The third-order valence-corrected chi connectivity index (χ3v) is 3.41. The van der Waals surface area contributed by atoms with Crippen LogP contribution in [-0.4, -0.2) is 5.91 Å². The Labute approximate surface area is 126 Å². The molecular formula is C15H16BrN3O. The highest BCUT2D eigenvalue weighted by Crippen LogP contribution is 2.17. The molecule has 0 spiro atoms. The minimum absolute atomic E-state index is 0.151. The molecule has 0 unspecified atom stereocenters. The summed E-state index contributed by atoms with van der Waals surface area (Å²) in [5, 5.41) is 2.89. The topological polar surface area (TPSA) is 67.1 Å². The lowest BCUT2D eigenvalue weighted by Crippen LogP contribution is -2.25. The van der Waals surface area contributed by atoms with Gasteiger partial charge in [-0.1, -0.05) is 39.7 Å². The number of nitrogens with one attached hydrogen (secondary N) is 2. The predicted molar refractivity (Wildman–Crippen MR) is 84.3 cm³/mol. The van der Waals surface area contributed by atoms with Gasteiger partial charge in [0.25, 0.3) is 5.91 Å². The highest BCUT2D eigenvalue weighted by atomic mass is 79.9. The number of carbonyl (C=O) groups is 1. The van der Waals surface area contributed by atoms with E-state index in [2.05, 4.69) is 26.7 Å². The van der Waals surface area contributed by atoms with Gasteiger partial charge in [0.2, 0.25) is 0 Å². The average molecular weight is 334 g/mol. The molecule has 4 nitrogen and oxygen atoms in total. The Bertz CT molecular complexity index is 628. The Kier molecular flexibility index (Phi) is 4.76. The molecule has 0 saturated carbocycles.